The first-order valence-electron chi connectivity index (χ1n) is 11.9. The molecule has 1 aromatic heterocycles. The van der Waals surface area contributed by atoms with Gasteiger partial charge in [-0.2, -0.15) is 4.57 Å². The number of amides is 1. The smallest absolute Gasteiger partial charge is 0.262 e. The zero-order valence-electron chi connectivity index (χ0n) is 20.5. The molecule has 1 heterocycles. The van der Waals surface area contributed by atoms with Crippen LogP contribution in [0, 0.1) is 5.41 Å². The monoisotopic (exact) mass is 469 g/mol. The Balaban J connectivity index is 1.58. The lowest BCUT2D eigenvalue weighted by molar-refractivity contribution is -0.665. The van der Waals surface area contributed by atoms with E-state index in [1.807, 2.05) is 47.9 Å². The molecule has 0 saturated carbocycles. The van der Waals surface area contributed by atoms with E-state index < -0.39 is 0 Å². The van der Waals surface area contributed by atoms with Crippen LogP contribution in [0.15, 0.2) is 96.2 Å². The van der Waals surface area contributed by atoms with Crippen LogP contribution in [0.3, 0.4) is 0 Å². The van der Waals surface area contributed by atoms with Crippen molar-refractivity contribution in [1.29, 1.82) is 0 Å². The van der Waals surface area contributed by atoms with Gasteiger partial charge in [-0.15, -0.1) is 0 Å². The highest BCUT2D eigenvalue weighted by Gasteiger charge is 2.24. The van der Waals surface area contributed by atoms with Gasteiger partial charge in [0.15, 0.2) is 0 Å². The van der Waals surface area contributed by atoms with Crippen molar-refractivity contribution in [2.24, 2.45) is 5.41 Å². The second-order valence-corrected chi connectivity index (χ2v) is 10.6. The summed E-state index contributed by atoms with van der Waals surface area (Å²) in [5, 5.41) is 1.26. The van der Waals surface area contributed by atoms with E-state index in [1.54, 1.807) is 11.8 Å². The maximum atomic E-state index is 12.2. The summed E-state index contributed by atoms with van der Waals surface area (Å²) in [6.07, 6.45) is 14.9. The molecular formula is C30H33N2OS+. The maximum Gasteiger partial charge on any atom is 0.262 e. The normalized spacial score (nSPS) is 17.1. The van der Waals surface area contributed by atoms with Crippen LogP contribution in [-0.2, 0) is 11.3 Å². The predicted molar refractivity (Wildman–Crippen MR) is 145 cm³/mol. The molecule has 34 heavy (non-hydrogen) atoms. The third kappa shape index (κ3) is 5.63. The minimum atomic E-state index is 0.00406. The number of benzene rings is 2. The zero-order chi connectivity index (χ0) is 24.1. The second kappa shape index (κ2) is 10.4. The number of hydrogen-bond acceptors (Lipinski definition) is 2. The molecule has 0 bridgehead atoms. The Morgan fingerprint density at radius 2 is 1.79 bits per heavy atom. The van der Waals surface area contributed by atoms with Crippen LogP contribution in [-0.4, -0.2) is 5.91 Å². The Labute approximate surface area is 207 Å². The second-order valence-electron chi connectivity index (χ2n) is 9.53. The highest BCUT2D eigenvalue weighted by Crippen LogP contribution is 2.38. The standard InChI is InChI=1S/C30H33N2OS/c1-5-31-27-15-9-10-16-28(27)34-29(31)17-11-12-24-20-25(22-30(3,4)21-24)18-19-32(23(2)33)26-13-7-6-8-14-26/h6-20H,5,21-22H2,1-4H3/q+1. The molecule has 0 fully saturated rings. The molecule has 1 amide bonds. The number of carbonyl (C=O) groups is 1. The lowest BCUT2D eigenvalue weighted by Crippen LogP contribution is -2.33. The van der Waals surface area contributed by atoms with Gasteiger partial charge in [0, 0.05) is 31.0 Å². The van der Waals surface area contributed by atoms with E-state index >= 15 is 0 Å². The van der Waals surface area contributed by atoms with Gasteiger partial charge in [-0.3, -0.25) is 9.69 Å². The molecular weight excluding hydrogens is 436 g/mol. The number of para-hydroxylation sites is 2. The Morgan fingerprint density at radius 3 is 2.53 bits per heavy atom. The van der Waals surface area contributed by atoms with E-state index in [9.17, 15) is 4.79 Å². The Bertz CT molecular complexity index is 1290. The Kier molecular flexibility index (Phi) is 7.28. The van der Waals surface area contributed by atoms with Crippen molar-refractivity contribution in [3.63, 3.8) is 0 Å². The maximum absolute atomic E-state index is 12.2. The first kappa shape index (κ1) is 23.9. The number of anilines is 1. The summed E-state index contributed by atoms with van der Waals surface area (Å²) in [6.45, 7) is 9.36. The van der Waals surface area contributed by atoms with Crippen molar-refractivity contribution < 1.29 is 9.36 Å². The molecule has 4 heteroatoms. The van der Waals surface area contributed by atoms with E-state index in [2.05, 4.69) is 80.0 Å². The Hall–Kier alpha value is -3.24. The van der Waals surface area contributed by atoms with Gasteiger partial charge in [0.2, 0.25) is 11.4 Å². The molecule has 174 valence electrons. The van der Waals surface area contributed by atoms with Gasteiger partial charge in [-0.05, 0) is 60.6 Å². The SMILES string of the molecule is CC[n+]1c(C=CC=C2C=C(C=CN(C(C)=O)c3ccccc3)CC(C)(C)C2)sc2ccccc21. The van der Waals surface area contributed by atoms with Crippen molar-refractivity contribution in [2.45, 2.75) is 47.1 Å². The molecule has 1 aliphatic carbocycles. The number of hydrogen-bond donors (Lipinski definition) is 0. The first-order chi connectivity index (χ1) is 16.4. The third-order valence-corrected chi connectivity index (χ3v) is 7.18. The summed E-state index contributed by atoms with van der Waals surface area (Å²) in [6, 6.07) is 18.4. The van der Waals surface area contributed by atoms with E-state index in [4.69, 9.17) is 0 Å². The van der Waals surface area contributed by atoms with Gasteiger partial charge in [0.05, 0.1) is 0 Å². The van der Waals surface area contributed by atoms with Crippen molar-refractivity contribution in [2.75, 3.05) is 4.90 Å². The lowest BCUT2D eigenvalue weighted by atomic mass is 9.75. The van der Waals surface area contributed by atoms with Crippen molar-refractivity contribution in [3.8, 4) is 0 Å². The Morgan fingerprint density at radius 1 is 1.06 bits per heavy atom. The molecule has 0 spiro atoms. The molecule has 0 radical (unpaired) electrons. The molecule has 0 N–H and O–H groups in total. The third-order valence-electron chi connectivity index (χ3n) is 6.05. The number of fused-ring (bicyclic) bond motifs is 1. The van der Waals surface area contributed by atoms with Gasteiger partial charge in [0.1, 0.15) is 11.2 Å². The van der Waals surface area contributed by atoms with Gasteiger partial charge in [0.25, 0.3) is 5.01 Å². The zero-order valence-corrected chi connectivity index (χ0v) is 21.3. The van der Waals surface area contributed by atoms with E-state index in [1.165, 1.54) is 26.4 Å². The van der Waals surface area contributed by atoms with Crippen LogP contribution >= 0.6 is 11.3 Å². The number of aryl methyl sites for hydroxylation is 1. The summed E-state index contributed by atoms with van der Waals surface area (Å²) in [7, 11) is 0. The van der Waals surface area contributed by atoms with Crippen LogP contribution in [0.5, 0.6) is 0 Å². The van der Waals surface area contributed by atoms with Crippen LogP contribution in [0.1, 0.15) is 45.5 Å². The van der Waals surface area contributed by atoms with E-state index in [-0.39, 0.29) is 11.3 Å². The minimum absolute atomic E-state index is 0.00406. The number of aromatic nitrogens is 1. The van der Waals surface area contributed by atoms with Crippen LogP contribution in [0.25, 0.3) is 16.3 Å². The number of carbonyl (C=O) groups excluding carboxylic acids is 1. The average Bonchev–Trinajstić information content (AvgIpc) is 3.16. The van der Waals surface area contributed by atoms with Crippen LogP contribution in [0.2, 0.25) is 0 Å². The molecule has 0 atom stereocenters. The molecule has 0 unspecified atom stereocenters. The summed E-state index contributed by atoms with van der Waals surface area (Å²) in [5.41, 5.74) is 4.90. The number of nitrogens with zero attached hydrogens (tertiary/aromatic N) is 2. The fraction of sp³-hybridized carbons (Fsp3) is 0.267. The molecule has 3 aromatic rings. The van der Waals surface area contributed by atoms with Gasteiger partial charge in [-0.1, -0.05) is 73.7 Å². The summed E-state index contributed by atoms with van der Waals surface area (Å²) in [5.74, 6) is 0.00406. The largest absolute Gasteiger partial charge is 0.288 e. The topological polar surface area (TPSA) is 24.2 Å². The van der Waals surface area contributed by atoms with E-state index in [0.29, 0.717) is 0 Å². The summed E-state index contributed by atoms with van der Waals surface area (Å²) in [4.78, 5) is 13.9. The van der Waals surface area contributed by atoms with Crippen molar-refractivity contribution in [1.82, 2.24) is 0 Å². The molecule has 4 rings (SSSR count). The van der Waals surface area contributed by atoms with Crippen LogP contribution in [0.4, 0.5) is 5.69 Å². The fourth-order valence-corrected chi connectivity index (χ4v) is 5.75. The molecule has 0 saturated heterocycles. The molecule has 2 aromatic carbocycles. The van der Waals surface area contributed by atoms with E-state index in [0.717, 1.165) is 25.1 Å². The predicted octanol–water partition coefficient (Wildman–Crippen LogP) is 7.46. The highest BCUT2D eigenvalue weighted by molar-refractivity contribution is 7.18. The molecule has 1 aliphatic rings. The van der Waals surface area contributed by atoms with Crippen molar-refractivity contribution in [3.05, 3.63) is 101 Å². The van der Waals surface area contributed by atoms with Gasteiger partial charge >= 0.3 is 0 Å². The summed E-state index contributed by atoms with van der Waals surface area (Å²) >= 11 is 1.83. The lowest BCUT2D eigenvalue weighted by Gasteiger charge is -2.30. The number of thiazole rings is 1. The fourth-order valence-electron chi connectivity index (χ4n) is 4.61. The molecule has 0 aliphatic heterocycles. The van der Waals surface area contributed by atoms with Gasteiger partial charge < -0.3 is 0 Å². The average molecular weight is 470 g/mol. The molecule has 3 nitrogen and oxygen atoms in total. The number of rotatable bonds is 6. The van der Waals surface area contributed by atoms with Gasteiger partial charge in [-0.25, -0.2) is 0 Å². The summed E-state index contributed by atoms with van der Waals surface area (Å²) < 4.78 is 3.68. The van der Waals surface area contributed by atoms with Crippen LogP contribution < -0.4 is 9.47 Å². The van der Waals surface area contributed by atoms with Crippen molar-refractivity contribution >= 4 is 39.2 Å². The first-order valence-corrected chi connectivity index (χ1v) is 12.7. The number of allylic oxidation sites excluding steroid dienone is 6. The minimum Gasteiger partial charge on any atom is -0.288 e. The highest BCUT2D eigenvalue weighted by atomic mass is 32.1. The quantitative estimate of drug-likeness (QED) is 0.344.